The SMILES string of the molecule is Cn1c(CN2CCN(C(=O)c3ccco3)CC2)nc2cc(NC(=O)c3ccc([N+](=O)[O-])cc3)ccc21. The Hall–Kier alpha value is -4.51. The van der Waals surface area contributed by atoms with Crippen molar-refractivity contribution in [1.82, 2.24) is 19.4 Å². The summed E-state index contributed by atoms with van der Waals surface area (Å²) in [5.74, 6) is 0.790. The van der Waals surface area contributed by atoms with Gasteiger partial charge in [-0.25, -0.2) is 4.98 Å². The van der Waals surface area contributed by atoms with E-state index in [0.29, 0.717) is 36.6 Å². The van der Waals surface area contributed by atoms with E-state index < -0.39 is 4.92 Å². The van der Waals surface area contributed by atoms with Crippen molar-refractivity contribution >= 4 is 34.2 Å². The van der Waals surface area contributed by atoms with Gasteiger partial charge in [0.1, 0.15) is 5.82 Å². The highest BCUT2D eigenvalue weighted by Crippen LogP contribution is 2.22. The number of imidazole rings is 1. The summed E-state index contributed by atoms with van der Waals surface area (Å²) in [6.45, 7) is 3.32. The molecule has 2 aromatic heterocycles. The molecule has 1 saturated heterocycles. The Bertz CT molecular complexity index is 1420. The second-order valence-corrected chi connectivity index (χ2v) is 8.59. The minimum absolute atomic E-state index is 0.0699. The van der Waals surface area contributed by atoms with Gasteiger partial charge < -0.3 is 19.2 Å². The van der Waals surface area contributed by atoms with Gasteiger partial charge in [0.05, 0.1) is 28.8 Å². The molecule has 5 rings (SSSR count). The molecule has 0 bridgehead atoms. The van der Waals surface area contributed by atoms with Gasteiger partial charge in [0.25, 0.3) is 17.5 Å². The van der Waals surface area contributed by atoms with E-state index in [1.807, 2.05) is 23.7 Å². The number of carbonyl (C=O) groups excluding carboxylic acids is 2. The van der Waals surface area contributed by atoms with Gasteiger partial charge in [-0.15, -0.1) is 0 Å². The van der Waals surface area contributed by atoms with Gasteiger partial charge in [-0.2, -0.15) is 0 Å². The lowest BCUT2D eigenvalue weighted by Crippen LogP contribution is -2.48. The van der Waals surface area contributed by atoms with E-state index in [9.17, 15) is 19.7 Å². The molecule has 0 atom stereocenters. The number of nitrogens with one attached hydrogen (secondary N) is 1. The van der Waals surface area contributed by atoms with E-state index in [1.54, 1.807) is 23.1 Å². The van der Waals surface area contributed by atoms with Crippen LogP contribution in [0.15, 0.2) is 65.3 Å². The highest BCUT2D eigenvalue weighted by atomic mass is 16.6. The first kappa shape index (κ1) is 23.2. The molecular weight excluding hydrogens is 464 g/mol. The van der Waals surface area contributed by atoms with Crippen LogP contribution < -0.4 is 5.32 Å². The fourth-order valence-electron chi connectivity index (χ4n) is 4.27. The quantitative estimate of drug-likeness (QED) is 0.326. The van der Waals surface area contributed by atoms with E-state index in [-0.39, 0.29) is 17.5 Å². The summed E-state index contributed by atoms with van der Waals surface area (Å²) in [5, 5.41) is 13.6. The zero-order valence-electron chi connectivity index (χ0n) is 19.6. The van der Waals surface area contributed by atoms with Crippen LogP contribution in [-0.2, 0) is 13.6 Å². The average molecular weight is 489 g/mol. The summed E-state index contributed by atoms with van der Waals surface area (Å²) >= 11 is 0. The molecule has 4 aromatic rings. The summed E-state index contributed by atoms with van der Waals surface area (Å²) in [4.78, 5) is 44.2. The third kappa shape index (κ3) is 4.68. The van der Waals surface area contributed by atoms with Crippen LogP contribution >= 0.6 is 0 Å². The maximum absolute atomic E-state index is 12.6. The van der Waals surface area contributed by atoms with Crippen LogP contribution in [0.5, 0.6) is 0 Å². The molecule has 11 nitrogen and oxygen atoms in total. The normalized spacial score (nSPS) is 14.2. The van der Waals surface area contributed by atoms with Crippen molar-refractivity contribution in [2.75, 3.05) is 31.5 Å². The second-order valence-electron chi connectivity index (χ2n) is 8.59. The summed E-state index contributed by atoms with van der Waals surface area (Å²) in [6.07, 6.45) is 1.50. The van der Waals surface area contributed by atoms with E-state index in [1.165, 1.54) is 30.5 Å². The Balaban J connectivity index is 1.23. The molecule has 3 heterocycles. The van der Waals surface area contributed by atoms with Gasteiger partial charge >= 0.3 is 0 Å². The molecular formula is C25H24N6O5. The lowest BCUT2D eigenvalue weighted by molar-refractivity contribution is -0.384. The van der Waals surface area contributed by atoms with E-state index in [2.05, 4.69) is 10.2 Å². The van der Waals surface area contributed by atoms with Crippen LogP contribution in [0.3, 0.4) is 0 Å². The van der Waals surface area contributed by atoms with Crippen molar-refractivity contribution in [1.29, 1.82) is 0 Å². The number of anilines is 1. The molecule has 2 aromatic carbocycles. The van der Waals surface area contributed by atoms with E-state index >= 15 is 0 Å². The topological polar surface area (TPSA) is 127 Å². The van der Waals surface area contributed by atoms with E-state index in [0.717, 1.165) is 29.9 Å². The first-order chi connectivity index (χ1) is 17.4. The monoisotopic (exact) mass is 488 g/mol. The van der Waals surface area contributed by atoms with Gasteiger partial charge in [0.2, 0.25) is 0 Å². The van der Waals surface area contributed by atoms with Gasteiger partial charge in [-0.1, -0.05) is 0 Å². The van der Waals surface area contributed by atoms with Crippen molar-refractivity contribution in [3.63, 3.8) is 0 Å². The van der Waals surface area contributed by atoms with Crippen molar-refractivity contribution < 1.29 is 18.9 Å². The lowest BCUT2D eigenvalue weighted by atomic mass is 10.2. The number of hydrogen-bond acceptors (Lipinski definition) is 7. The molecule has 0 spiro atoms. The summed E-state index contributed by atoms with van der Waals surface area (Å²) < 4.78 is 7.25. The fraction of sp³-hybridized carbons (Fsp3) is 0.240. The Morgan fingerprint density at radius 2 is 1.83 bits per heavy atom. The third-order valence-corrected chi connectivity index (χ3v) is 6.33. The van der Waals surface area contributed by atoms with Crippen molar-refractivity contribution in [2.45, 2.75) is 6.54 Å². The molecule has 1 aliphatic rings. The number of piperazine rings is 1. The number of aromatic nitrogens is 2. The molecule has 0 saturated carbocycles. The fourth-order valence-corrected chi connectivity index (χ4v) is 4.27. The van der Waals surface area contributed by atoms with Crippen LogP contribution in [0, 0.1) is 10.1 Å². The number of nitro benzene ring substituents is 1. The molecule has 11 heteroatoms. The molecule has 1 N–H and O–H groups in total. The molecule has 1 fully saturated rings. The highest BCUT2D eigenvalue weighted by molar-refractivity contribution is 6.05. The van der Waals surface area contributed by atoms with Crippen LogP contribution in [-0.4, -0.2) is 62.3 Å². The van der Waals surface area contributed by atoms with Gasteiger partial charge in [0, 0.05) is 56.6 Å². The number of rotatable bonds is 6. The van der Waals surface area contributed by atoms with Crippen LogP contribution in [0.4, 0.5) is 11.4 Å². The van der Waals surface area contributed by atoms with Crippen LogP contribution in [0.1, 0.15) is 26.7 Å². The predicted molar refractivity (Wildman–Crippen MR) is 132 cm³/mol. The Morgan fingerprint density at radius 1 is 1.08 bits per heavy atom. The first-order valence-electron chi connectivity index (χ1n) is 11.5. The average Bonchev–Trinajstić information content (AvgIpc) is 3.53. The Morgan fingerprint density at radius 3 is 2.50 bits per heavy atom. The Labute approximate surface area is 206 Å². The smallest absolute Gasteiger partial charge is 0.289 e. The zero-order chi connectivity index (χ0) is 25.2. The number of hydrogen-bond donors (Lipinski definition) is 1. The maximum Gasteiger partial charge on any atom is 0.289 e. The van der Waals surface area contributed by atoms with Crippen LogP contribution in [0.25, 0.3) is 11.0 Å². The predicted octanol–water partition coefficient (Wildman–Crippen LogP) is 3.28. The first-order valence-corrected chi connectivity index (χ1v) is 11.5. The highest BCUT2D eigenvalue weighted by Gasteiger charge is 2.24. The van der Waals surface area contributed by atoms with Gasteiger partial charge in [0.15, 0.2) is 5.76 Å². The number of benzene rings is 2. The second kappa shape index (κ2) is 9.62. The molecule has 0 aliphatic carbocycles. The summed E-state index contributed by atoms with van der Waals surface area (Å²) in [5.41, 5.74) is 2.53. The number of fused-ring (bicyclic) bond motifs is 1. The number of non-ortho nitro benzene ring substituents is 1. The van der Waals surface area contributed by atoms with Gasteiger partial charge in [-0.3, -0.25) is 24.6 Å². The number of nitro groups is 1. The van der Waals surface area contributed by atoms with Crippen molar-refractivity contribution in [2.24, 2.45) is 7.05 Å². The Kier molecular flexibility index (Phi) is 6.21. The lowest BCUT2D eigenvalue weighted by Gasteiger charge is -2.34. The molecule has 1 aliphatic heterocycles. The molecule has 2 amide bonds. The minimum atomic E-state index is -0.505. The summed E-state index contributed by atoms with van der Waals surface area (Å²) in [6, 6.07) is 14.3. The van der Waals surface area contributed by atoms with E-state index in [4.69, 9.17) is 9.40 Å². The molecule has 184 valence electrons. The van der Waals surface area contributed by atoms with Crippen molar-refractivity contribution in [3.8, 4) is 0 Å². The number of carbonyl (C=O) groups is 2. The number of nitrogens with zero attached hydrogens (tertiary/aromatic N) is 5. The van der Waals surface area contributed by atoms with Crippen molar-refractivity contribution in [3.05, 3.63) is 88.1 Å². The molecule has 0 unspecified atom stereocenters. The number of furan rings is 1. The largest absolute Gasteiger partial charge is 0.459 e. The molecule has 36 heavy (non-hydrogen) atoms. The molecule has 0 radical (unpaired) electrons. The van der Waals surface area contributed by atoms with Crippen LogP contribution in [0.2, 0.25) is 0 Å². The van der Waals surface area contributed by atoms with Gasteiger partial charge in [-0.05, 0) is 42.5 Å². The number of amides is 2. The maximum atomic E-state index is 12.6. The third-order valence-electron chi connectivity index (χ3n) is 6.33. The zero-order valence-corrected chi connectivity index (χ0v) is 19.6. The summed E-state index contributed by atoms with van der Waals surface area (Å²) in [7, 11) is 1.95. The standard InChI is InChI=1S/C25H24N6O5/c1-28-21-9-6-18(26-24(32)17-4-7-19(8-5-17)31(34)35)15-20(21)27-23(28)16-29-10-12-30(13-11-29)25(33)22-3-2-14-36-22/h2-9,14-15H,10-13,16H2,1H3,(H,26,32). The minimum Gasteiger partial charge on any atom is -0.459 e. The number of aryl methyl sites for hydroxylation is 1.